The van der Waals surface area contributed by atoms with Crippen LogP contribution >= 0.6 is 0 Å². The van der Waals surface area contributed by atoms with Crippen LogP contribution in [-0.2, 0) is 25.7 Å². The average molecular weight is 531 g/mol. The molecule has 38 heavy (non-hydrogen) atoms. The van der Waals surface area contributed by atoms with E-state index in [1.54, 1.807) is 0 Å². The molecule has 0 heterocycles. The van der Waals surface area contributed by atoms with E-state index in [0.717, 1.165) is 37.7 Å². The molecule has 0 bridgehead atoms. The number of hydrogen-bond donors (Lipinski definition) is 2. The highest BCUT2D eigenvalue weighted by Gasteiger charge is 2.22. The van der Waals surface area contributed by atoms with Gasteiger partial charge in [0.15, 0.2) is 0 Å². The summed E-state index contributed by atoms with van der Waals surface area (Å²) >= 11 is 0. The number of carbonyl (C=O) groups excluding carboxylic acids is 3. The second kappa shape index (κ2) is 22.6. The number of nitrogens with one attached hydrogen (secondary N) is 1. The molecule has 0 unspecified atom stereocenters. The van der Waals surface area contributed by atoms with Gasteiger partial charge in [-0.3, -0.25) is 14.4 Å². The zero-order chi connectivity index (χ0) is 27.8. The summed E-state index contributed by atoms with van der Waals surface area (Å²) in [4.78, 5) is 36.8. The van der Waals surface area contributed by atoms with Gasteiger partial charge in [-0.05, 0) is 31.2 Å². The second-order valence-electron chi connectivity index (χ2n) is 10.7. The number of rotatable bonds is 24. The minimum absolute atomic E-state index is 0.0289. The fourth-order valence-electron chi connectivity index (χ4n) is 4.90. The summed E-state index contributed by atoms with van der Waals surface area (Å²) in [7, 11) is 0. The Morgan fingerprint density at radius 1 is 0.763 bits per heavy atom. The predicted octanol–water partition coefficient (Wildman–Crippen LogP) is 7.38. The first kappa shape index (κ1) is 33.7. The minimum atomic E-state index is -0.383. The SMILES string of the molecule is CCCCCCCCCCCCC[C@@H](CC(N)=O)NC(=O)[C@@H](CCC)CCCC(=O)OCc1ccccc1. The van der Waals surface area contributed by atoms with Gasteiger partial charge in [0.05, 0.1) is 0 Å². The van der Waals surface area contributed by atoms with Crippen LogP contribution in [0.15, 0.2) is 30.3 Å². The van der Waals surface area contributed by atoms with Gasteiger partial charge in [0.2, 0.25) is 11.8 Å². The van der Waals surface area contributed by atoms with Crippen LogP contribution < -0.4 is 11.1 Å². The van der Waals surface area contributed by atoms with E-state index in [9.17, 15) is 14.4 Å². The lowest BCUT2D eigenvalue weighted by Crippen LogP contribution is -2.41. The van der Waals surface area contributed by atoms with Gasteiger partial charge in [-0.2, -0.15) is 0 Å². The fourth-order valence-corrected chi connectivity index (χ4v) is 4.90. The van der Waals surface area contributed by atoms with Crippen molar-refractivity contribution in [3.63, 3.8) is 0 Å². The first-order valence-corrected chi connectivity index (χ1v) is 15.2. The number of ether oxygens (including phenoxy) is 1. The molecule has 0 fully saturated rings. The van der Waals surface area contributed by atoms with Crippen molar-refractivity contribution in [1.29, 1.82) is 0 Å². The molecular formula is C32H54N2O4. The molecule has 1 rings (SSSR count). The molecule has 0 aromatic heterocycles. The number of esters is 1. The van der Waals surface area contributed by atoms with Crippen molar-refractivity contribution in [3.05, 3.63) is 35.9 Å². The van der Waals surface area contributed by atoms with Crippen molar-refractivity contribution >= 4 is 17.8 Å². The first-order chi connectivity index (χ1) is 18.5. The lowest BCUT2D eigenvalue weighted by Gasteiger charge is -2.22. The summed E-state index contributed by atoms with van der Waals surface area (Å²) in [6, 6.07) is 9.39. The number of benzene rings is 1. The minimum Gasteiger partial charge on any atom is -0.461 e. The van der Waals surface area contributed by atoms with Crippen LogP contribution in [0.5, 0.6) is 0 Å². The quantitative estimate of drug-likeness (QED) is 0.108. The molecule has 2 atom stereocenters. The van der Waals surface area contributed by atoms with Gasteiger partial charge in [0.25, 0.3) is 0 Å². The third-order valence-corrected chi connectivity index (χ3v) is 7.13. The maximum Gasteiger partial charge on any atom is 0.306 e. The molecule has 216 valence electrons. The summed E-state index contributed by atoms with van der Waals surface area (Å²) in [5.41, 5.74) is 6.44. The van der Waals surface area contributed by atoms with Crippen molar-refractivity contribution in [3.8, 4) is 0 Å². The highest BCUT2D eigenvalue weighted by atomic mass is 16.5. The highest BCUT2D eigenvalue weighted by molar-refractivity contribution is 5.80. The molecule has 0 radical (unpaired) electrons. The van der Waals surface area contributed by atoms with E-state index in [1.807, 2.05) is 30.3 Å². The number of nitrogens with two attached hydrogens (primary N) is 1. The van der Waals surface area contributed by atoms with Gasteiger partial charge in [-0.25, -0.2) is 0 Å². The topological polar surface area (TPSA) is 98.5 Å². The maximum atomic E-state index is 13.0. The van der Waals surface area contributed by atoms with Gasteiger partial charge in [0.1, 0.15) is 6.61 Å². The first-order valence-electron chi connectivity index (χ1n) is 15.2. The van der Waals surface area contributed by atoms with Crippen molar-refractivity contribution in [2.24, 2.45) is 11.7 Å². The van der Waals surface area contributed by atoms with E-state index in [1.165, 1.54) is 57.8 Å². The Morgan fingerprint density at radius 2 is 1.37 bits per heavy atom. The average Bonchev–Trinajstić information content (AvgIpc) is 2.90. The van der Waals surface area contributed by atoms with Gasteiger partial charge in [-0.1, -0.05) is 121 Å². The largest absolute Gasteiger partial charge is 0.461 e. The molecule has 1 aromatic carbocycles. The smallest absolute Gasteiger partial charge is 0.306 e. The van der Waals surface area contributed by atoms with Crippen molar-refractivity contribution in [2.75, 3.05) is 0 Å². The summed E-state index contributed by atoms with van der Waals surface area (Å²) in [6.07, 6.45) is 18.0. The Hall–Kier alpha value is -2.37. The van der Waals surface area contributed by atoms with E-state index >= 15 is 0 Å². The predicted molar refractivity (Wildman–Crippen MR) is 155 cm³/mol. The standard InChI is InChI=1S/C32H54N2O4/c1-3-5-6-7-8-9-10-11-12-13-17-23-29(25-30(33)35)34-32(37)28(19-4-2)22-18-24-31(36)38-26-27-20-15-14-16-21-27/h14-16,20-21,28-29H,3-13,17-19,22-26H2,1-2H3,(H2,33,35)(H,34,37)/t28-,29-/m0/s1. The number of hydrogen-bond acceptors (Lipinski definition) is 4. The number of primary amides is 1. The van der Waals surface area contributed by atoms with Crippen LogP contribution in [0.25, 0.3) is 0 Å². The molecule has 2 amide bonds. The molecular weight excluding hydrogens is 476 g/mol. The van der Waals surface area contributed by atoms with Gasteiger partial charge in [-0.15, -0.1) is 0 Å². The lowest BCUT2D eigenvalue weighted by atomic mass is 9.94. The third-order valence-electron chi connectivity index (χ3n) is 7.13. The normalized spacial score (nSPS) is 12.6. The van der Waals surface area contributed by atoms with Gasteiger partial charge >= 0.3 is 5.97 Å². The Bertz CT molecular complexity index is 753. The number of amides is 2. The molecule has 0 saturated carbocycles. The molecule has 0 saturated heterocycles. The molecule has 0 aliphatic heterocycles. The molecule has 0 aliphatic rings. The van der Waals surface area contributed by atoms with E-state index in [2.05, 4.69) is 19.2 Å². The van der Waals surface area contributed by atoms with Crippen LogP contribution in [-0.4, -0.2) is 23.8 Å². The van der Waals surface area contributed by atoms with Crippen molar-refractivity contribution in [1.82, 2.24) is 5.32 Å². The van der Waals surface area contributed by atoms with Crippen molar-refractivity contribution < 1.29 is 19.1 Å². The van der Waals surface area contributed by atoms with E-state index in [4.69, 9.17) is 10.5 Å². The van der Waals surface area contributed by atoms with Crippen LogP contribution in [0.4, 0.5) is 0 Å². The van der Waals surface area contributed by atoms with E-state index in [0.29, 0.717) is 19.3 Å². The van der Waals surface area contributed by atoms with E-state index in [-0.39, 0.29) is 42.8 Å². The van der Waals surface area contributed by atoms with Gasteiger partial charge in [0, 0.05) is 24.8 Å². The van der Waals surface area contributed by atoms with Crippen molar-refractivity contribution in [2.45, 2.75) is 142 Å². The Balaban J connectivity index is 2.32. The monoisotopic (exact) mass is 530 g/mol. The number of carbonyl (C=O) groups is 3. The highest BCUT2D eigenvalue weighted by Crippen LogP contribution is 2.18. The molecule has 1 aromatic rings. The maximum absolute atomic E-state index is 13.0. The van der Waals surface area contributed by atoms with Gasteiger partial charge < -0.3 is 15.8 Å². The summed E-state index contributed by atoms with van der Waals surface area (Å²) in [5.74, 6) is -0.826. The van der Waals surface area contributed by atoms with Crippen LogP contribution in [0.3, 0.4) is 0 Å². The zero-order valence-electron chi connectivity index (χ0n) is 24.2. The second-order valence-corrected chi connectivity index (χ2v) is 10.7. The summed E-state index contributed by atoms with van der Waals surface area (Å²) < 4.78 is 5.35. The molecule has 0 aliphatic carbocycles. The number of unbranched alkanes of at least 4 members (excludes halogenated alkanes) is 10. The zero-order valence-corrected chi connectivity index (χ0v) is 24.2. The Labute approximate surface area is 231 Å². The molecule has 6 nitrogen and oxygen atoms in total. The molecule has 6 heteroatoms. The fraction of sp³-hybridized carbons (Fsp3) is 0.719. The van der Waals surface area contributed by atoms with Crippen LogP contribution in [0.2, 0.25) is 0 Å². The third kappa shape index (κ3) is 18.0. The molecule has 3 N–H and O–H groups in total. The van der Waals surface area contributed by atoms with Crippen LogP contribution in [0.1, 0.15) is 135 Å². The lowest BCUT2D eigenvalue weighted by molar-refractivity contribution is -0.145. The van der Waals surface area contributed by atoms with Crippen LogP contribution in [0, 0.1) is 5.92 Å². The summed E-state index contributed by atoms with van der Waals surface area (Å²) in [6.45, 7) is 4.57. The molecule has 0 spiro atoms. The summed E-state index contributed by atoms with van der Waals surface area (Å²) in [5, 5.41) is 3.10. The Morgan fingerprint density at radius 3 is 1.95 bits per heavy atom. The van der Waals surface area contributed by atoms with E-state index < -0.39 is 0 Å². The Kier molecular flexibility index (Phi) is 20.0.